The van der Waals surface area contributed by atoms with E-state index in [2.05, 4.69) is 146 Å². The fraction of sp³-hybridized carbons (Fsp3) is 0. The van der Waals surface area contributed by atoms with Crippen molar-refractivity contribution in [2.24, 2.45) is 0 Å². The van der Waals surface area contributed by atoms with E-state index in [0.717, 1.165) is 43.8 Å². The number of rotatable bonds is 4. The van der Waals surface area contributed by atoms with Crippen molar-refractivity contribution < 1.29 is 14.7 Å². The SMILES string of the molecule is OB(O)Oc1cccc(-c2ccccc2)c1-c1cccc2cc3cc4cc5ccc6cc7cc8cc9ccccc9cc8cc7cc6c5cc4cc3cc12. The van der Waals surface area contributed by atoms with Crippen LogP contribution >= 0.6 is 0 Å². The van der Waals surface area contributed by atoms with Crippen LogP contribution in [0.15, 0.2) is 176 Å². The molecule has 0 fully saturated rings. The third-order valence-electron chi connectivity index (χ3n) is 11.1. The van der Waals surface area contributed by atoms with Gasteiger partial charge in [0.15, 0.2) is 0 Å². The highest BCUT2D eigenvalue weighted by Gasteiger charge is 2.20. The van der Waals surface area contributed by atoms with Crippen molar-refractivity contribution in [2.75, 3.05) is 0 Å². The lowest BCUT2D eigenvalue weighted by atomic mass is 9.89. The molecule has 0 heterocycles. The van der Waals surface area contributed by atoms with Gasteiger partial charge >= 0.3 is 7.32 Å². The Balaban J connectivity index is 1.11. The van der Waals surface area contributed by atoms with Gasteiger partial charge in [-0.1, -0.05) is 97.1 Å². The molecule has 0 unspecified atom stereocenters. The Bertz CT molecular complexity index is 3330. The Labute approximate surface area is 311 Å². The second kappa shape index (κ2) is 11.9. The summed E-state index contributed by atoms with van der Waals surface area (Å²) in [5.41, 5.74) is 3.74. The molecule has 4 heteroatoms. The van der Waals surface area contributed by atoms with Crippen molar-refractivity contribution in [3.8, 4) is 28.0 Å². The predicted octanol–water partition coefficient (Wildman–Crippen LogP) is 12.6. The van der Waals surface area contributed by atoms with Crippen LogP contribution in [0.2, 0.25) is 0 Å². The lowest BCUT2D eigenvalue weighted by molar-refractivity contribution is 0.288. The van der Waals surface area contributed by atoms with E-state index in [4.69, 9.17) is 4.65 Å². The summed E-state index contributed by atoms with van der Waals surface area (Å²) in [7, 11) is -1.94. The third kappa shape index (κ3) is 5.00. The van der Waals surface area contributed by atoms with Crippen LogP contribution in [-0.4, -0.2) is 17.4 Å². The first-order chi connectivity index (χ1) is 26.5. The van der Waals surface area contributed by atoms with Crippen molar-refractivity contribution >= 4 is 93.5 Å². The zero-order valence-corrected chi connectivity index (χ0v) is 29.1. The number of hydrogen-bond donors (Lipinski definition) is 2. The Morgan fingerprint density at radius 3 is 1.28 bits per heavy atom. The van der Waals surface area contributed by atoms with E-state index in [1.54, 1.807) is 6.07 Å². The van der Waals surface area contributed by atoms with Crippen molar-refractivity contribution in [3.05, 3.63) is 176 Å². The summed E-state index contributed by atoms with van der Waals surface area (Å²) in [6.07, 6.45) is 0. The molecule has 54 heavy (non-hydrogen) atoms. The van der Waals surface area contributed by atoms with Crippen molar-refractivity contribution in [1.29, 1.82) is 0 Å². The van der Waals surface area contributed by atoms with Crippen LogP contribution in [0.4, 0.5) is 0 Å². The Morgan fingerprint density at radius 1 is 0.315 bits per heavy atom. The van der Waals surface area contributed by atoms with Crippen LogP contribution < -0.4 is 4.65 Å². The van der Waals surface area contributed by atoms with Crippen LogP contribution in [0.1, 0.15) is 0 Å². The average Bonchev–Trinajstić information content (AvgIpc) is 3.19. The molecule has 0 saturated carbocycles. The number of fused-ring (bicyclic) bond motifs is 9. The van der Waals surface area contributed by atoms with Gasteiger partial charge in [0.2, 0.25) is 0 Å². The largest absolute Gasteiger partial charge is 0.707 e. The fourth-order valence-electron chi connectivity index (χ4n) is 8.63. The summed E-state index contributed by atoms with van der Waals surface area (Å²) >= 11 is 0. The van der Waals surface area contributed by atoms with Crippen LogP contribution in [-0.2, 0) is 0 Å². The monoisotopic (exact) mass is 690 g/mol. The highest BCUT2D eigenvalue weighted by Crippen LogP contribution is 2.44. The van der Waals surface area contributed by atoms with Gasteiger partial charge in [0.05, 0.1) is 0 Å². The molecule has 0 aromatic heterocycles. The first-order valence-corrected chi connectivity index (χ1v) is 18.3. The standard InChI is InChI=1S/C50H31BO3/c52-51(53)54-49-15-7-13-44(30-8-2-1-3-9-30)50(49)45-14-6-12-33-20-38-24-40-22-35-17-16-34-21-39-23-36-18-31-10-4-5-11-32(31)19-37(36)25-41(39)28-47(34)48(35)29-43(40)26-42(38)27-46(33)45/h1-29,52-53H. The molecule has 252 valence electrons. The van der Waals surface area contributed by atoms with Gasteiger partial charge in [0.25, 0.3) is 0 Å². The first-order valence-electron chi connectivity index (χ1n) is 18.3. The first kappa shape index (κ1) is 30.9. The molecule has 3 nitrogen and oxygen atoms in total. The molecule has 11 aromatic rings. The van der Waals surface area contributed by atoms with Crippen LogP contribution in [0.5, 0.6) is 5.75 Å². The highest BCUT2D eigenvalue weighted by molar-refractivity contribution is 6.34. The van der Waals surface area contributed by atoms with Crippen molar-refractivity contribution in [2.45, 2.75) is 0 Å². The maximum atomic E-state index is 9.90. The lowest BCUT2D eigenvalue weighted by Crippen LogP contribution is -2.21. The highest BCUT2D eigenvalue weighted by atomic mass is 16.6. The van der Waals surface area contributed by atoms with Gasteiger partial charge in [-0.2, -0.15) is 0 Å². The Morgan fingerprint density at radius 2 is 0.722 bits per heavy atom. The molecule has 0 aliphatic heterocycles. The summed E-state index contributed by atoms with van der Waals surface area (Å²) < 4.78 is 5.61. The topological polar surface area (TPSA) is 49.7 Å². The quantitative estimate of drug-likeness (QED) is 0.110. The fourth-order valence-corrected chi connectivity index (χ4v) is 8.63. The van der Waals surface area contributed by atoms with Gasteiger partial charge in [-0.25, -0.2) is 0 Å². The number of benzene rings is 11. The van der Waals surface area contributed by atoms with E-state index in [1.165, 1.54) is 64.6 Å². The van der Waals surface area contributed by atoms with Gasteiger partial charge < -0.3 is 14.7 Å². The van der Waals surface area contributed by atoms with E-state index in [9.17, 15) is 10.0 Å². The van der Waals surface area contributed by atoms with Crippen LogP contribution in [0.3, 0.4) is 0 Å². The van der Waals surface area contributed by atoms with E-state index in [0.29, 0.717) is 5.75 Å². The second-order valence-corrected chi connectivity index (χ2v) is 14.4. The minimum Gasteiger partial charge on any atom is -0.511 e. The smallest absolute Gasteiger partial charge is 0.511 e. The van der Waals surface area contributed by atoms with Gasteiger partial charge in [-0.3, -0.25) is 0 Å². The zero-order valence-electron chi connectivity index (χ0n) is 29.1. The molecular weight excluding hydrogens is 659 g/mol. The van der Waals surface area contributed by atoms with E-state index in [-0.39, 0.29) is 0 Å². The molecule has 0 radical (unpaired) electrons. The summed E-state index contributed by atoms with van der Waals surface area (Å²) in [5.74, 6) is 0.407. The summed E-state index contributed by atoms with van der Waals surface area (Å²) in [6, 6.07) is 62.9. The van der Waals surface area contributed by atoms with Crippen molar-refractivity contribution in [1.82, 2.24) is 0 Å². The van der Waals surface area contributed by atoms with Gasteiger partial charge in [0, 0.05) is 5.56 Å². The van der Waals surface area contributed by atoms with Gasteiger partial charge in [-0.15, -0.1) is 0 Å². The Hall–Kier alpha value is -6.72. The number of hydrogen-bond acceptors (Lipinski definition) is 3. The van der Waals surface area contributed by atoms with Gasteiger partial charge in [-0.05, 0) is 182 Å². The van der Waals surface area contributed by atoms with E-state index in [1.807, 2.05) is 24.3 Å². The van der Waals surface area contributed by atoms with Crippen LogP contribution in [0, 0.1) is 0 Å². The molecule has 0 atom stereocenters. The molecule has 0 saturated heterocycles. The predicted molar refractivity (Wildman–Crippen MR) is 228 cm³/mol. The molecule has 0 aliphatic rings. The lowest BCUT2D eigenvalue weighted by Gasteiger charge is -2.18. The van der Waals surface area contributed by atoms with Gasteiger partial charge in [0.1, 0.15) is 5.75 Å². The summed E-state index contributed by atoms with van der Waals surface area (Å²) in [4.78, 5) is 0. The summed E-state index contributed by atoms with van der Waals surface area (Å²) in [6.45, 7) is 0. The molecule has 0 aliphatic carbocycles. The molecule has 0 bridgehead atoms. The molecule has 0 spiro atoms. The van der Waals surface area contributed by atoms with E-state index >= 15 is 0 Å². The minimum atomic E-state index is -1.94. The molecule has 11 aromatic carbocycles. The van der Waals surface area contributed by atoms with E-state index < -0.39 is 7.32 Å². The average molecular weight is 691 g/mol. The maximum Gasteiger partial charge on any atom is 0.707 e. The Kier molecular flexibility index (Phi) is 6.81. The third-order valence-corrected chi connectivity index (χ3v) is 11.1. The zero-order chi connectivity index (χ0) is 35.9. The molecule has 2 N–H and O–H groups in total. The molecule has 0 amide bonds. The molecular formula is C50H31BO3. The second-order valence-electron chi connectivity index (χ2n) is 14.4. The molecule has 11 rings (SSSR count). The normalized spacial score (nSPS) is 11.9. The summed E-state index contributed by atoms with van der Waals surface area (Å²) in [5, 5.41) is 39.1. The maximum absolute atomic E-state index is 9.90. The minimum absolute atomic E-state index is 0.407. The van der Waals surface area contributed by atoms with Crippen LogP contribution in [0.25, 0.3) is 108 Å². The van der Waals surface area contributed by atoms with Crippen molar-refractivity contribution in [3.63, 3.8) is 0 Å².